The molecule has 23 heavy (non-hydrogen) atoms. The molecule has 0 bridgehead atoms. The Bertz CT molecular complexity index is 774. The maximum atomic E-state index is 12.2. The molecule has 0 spiro atoms. The Labute approximate surface area is 139 Å². The van der Waals surface area contributed by atoms with Gasteiger partial charge in [0, 0.05) is 6.54 Å². The van der Waals surface area contributed by atoms with E-state index < -0.39 is 0 Å². The first-order chi connectivity index (χ1) is 11.1. The summed E-state index contributed by atoms with van der Waals surface area (Å²) in [6, 6.07) is 13.0. The summed E-state index contributed by atoms with van der Waals surface area (Å²) >= 11 is 1.39. The molecule has 1 aliphatic heterocycles. The third-order valence-electron chi connectivity index (χ3n) is 3.49. The van der Waals surface area contributed by atoms with E-state index in [1.807, 2.05) is 37.3 Å². The first-order valence-corrected chi connectivity index (χ1v) is 8.12. The second-order valence-electron chi connectivity index (χ2n) is 5.27. The highest BCUT2D eigenvalue weighted by atomic mass is 32.2. The first kappa shape index (κ1) is 15.4. The number of benzene rings is 2. The molecule has 0 aromatic heterocycles. The molecule has 3 rings (SSSR count). The lowest BCUT2D eigenvalue weighted by atomic mass is 10.1. The smallest absolute Gasteiger partial charge is 0.287 e. The van der Waals surface area contributed by atoms with Gasteiger partial charge in [-0.2, -0.15) is 0 Å². The molecule has 0 saturated carbocycles. The van der Waals surface area contributed by atoms with Crippen molar-refractivity contribution >= 4 is 29.4 Å². The minimum absolute atomic E-state index is 0.245. The molecule has 5 nitrogen and oxygen atoms in total. The van der Waals surface area contributed by atoms with Gasteiger partial charge in [-0.1, -0.05) is 24.3 Å². The number of aliphatic imine (C=N–C) groups is 1. The lowest BCUT2D eigenvalue weighted by Crippen LogP contribution is -2.39. The zero-order chi connectivity index (χ0) is 16.2. The molecule has 3 N–H and O–H groups in total. The Morgan fingerprint density at radius 3 is 2.96 bits per heavy atom. The van der Waals surface area contributed by atoms with Crippen molar-refractivity contribution in [2.24, 2.45) is 4.99 Å². The molecule has 1 aliphatic rings. The van der Waals surface area contributed by atoms with E-state index >= 15 is 0 Å². The monoisotopic (exact) mass is 327 g/mol. The number of fused-ring (bicyclic) bond motifs is 1. The third kappa shape index (κ3) is 3.65. The van der Waals surface area contributed by atoms with Gasteiger partial charge in [0.2, 0.25) is 5.84 Å². The van der Waals surface area contributed by atoms with E-state index in [0.29, 0.717) is 18.8 Å². The summed E-state index contributed by atoms with van der Waals surface area (Å²) in [6.07, 6.45) is 0.564. The van der Waals surface area contributed by atoms with E-state index in [9.17, 15) is 9.90 Å². The molecule has 118 valence electrons. The number of amides is 1. The van der Waals surface area contributed by atoms with Crippen LogP contribution in [0.1, 0.15) is 11.1 Å². The minimum Gasteiger partial charge on any atom is -0.508 e. The minimum atomic E-state index is -0.251. The van der Waals surface area contributed by atoms with Crippen LogP contribution in [0.5, 0.6) is 5.75 Å². The molecule has 0 saturated heterocycles. The molecule has 0 aliphatic carbocycles. The van der Waals surface area contributed by atoms with Gasteiger partial charge in [-0.3, -0.25) is 4.79 Å². The van der Waals surface area contributed by atoms with E-state index in [-0.39, 0.29) is 11.7 Å². The SMILES string of the molecule is Cc1ccc2c(c1)SNC(C(=O)NCCc1ccccc1O)=N2. The van der Waals surface area contributed by atoms with Gasteiger partial charge in [0.25, 0.3) is 5.91 Å². The lowest BCUT2D eigenvalue weighted by Gasteiger charge is -2.16. The second kappa shape index (κ2) is 6.75. The number of nitrogens with zero attached hydrogens (tertiary/aromatic N) is 1. The average Bonchev–Trinajstić information content (AvgIpc) is 2.56. The van der Waals surface area contributed by atoms with E-state index in [4.69, 9.17) is 0 Å². The van der Waals surface area contributed by atoms with E-state index in [0.717, 1.165) is 21.7 Å². The van der Waals surface area contributed by atoms with Crippen molar-refractivity contribution in [3.63, 3.8) is 0 Å². The number of rotatable bonds is 4. The predicted molar refractivity (Wildman–Crippen MR) is 92.1 cm³/mol. The molecule has 0 radical (unpaired) electrons. The fourth-order valence-corrected chi connectivity index (χ4v) is 3.06. The van der Waals surface area contributed by atoms with Gasteiger partial charge in [-0.15, -0.1) is 0 Å². The number of nitrogens with one attached hydrogen (secondary N) is 2. The maximum absolute atomic E-state index is 12.2. The van der Waals surface area contributed by atoms with Crippen LogP contribution < -0.4 is 10.0 Å². The highest BCUT2D eigenvalue weighted by molar-refractivity contribution is 7.98. The Kier molecular flexibility index (Phi) is 4.52. The van der Waals surface area contributed by atoms with Crippen LogP contribution in [-0.4, -0.2) is 23.4 Å². The van der Waals surface area contributed by atoms with Gasteiger partial charge in [0.15, 0.2) is 0 Å². The summed E-state index contributed by atoms with van der Waals surface area (Å²) in [7, 11) is 0. The third-order valence-corrected chi connectivity index (χ3v) is 4.33. The Balaban J connectivity index is 1.61. The van der Waals surface area contributed by atoms with Gasteiger partial charge >= 0.3 is 0 Å². The van der Waals surface area contributed by atoms with Crippen LogP contribution in [0.15, 0.2) is 52.4 Å². The molecule has 0 atom stereocenters. The Morgan fingerprint density at radius 1 is 1.30 bits per heavy atom. The quantitative estimate of drug-likeness (QED) is 0.755. The van der Waals surface area contributed by atoms with Crippen molar-refractivity contribution < 1.29 is 9.90 Å². The highest BCUT2D eigenvalue weighted by Gasteiger charge is 2.18. The number of hydrogen-bond donors (Lipinski definition) is 3. The van der Waals surface area contributed by atoms with Crippen LogP contribution >= 0.6 is 11.9 Å². The largest absolute Gasteiger partial charge is 0.508 e. The molecule has 2 aromatic rings. The summed E-state index contributed by atoms with van der Waals surface area (Å²) in [6.45, 7) is 2.45. The van der Waals surface area contributed by atoms with Crippen LogP contribution in [0, 0.1) is 6.92 Å². The van der Waals surface area contributed by atoms with E-state index in [2.05, 4.69) is 15.0 Å². The van der Waals surface area contributed by atoms with Crippen LogP contribution in [0.4, 0.5) is 5.69 Å². The molecule has 0 fully saturated rings. The summed E-state index contributed by atoms with van der Waals surface area (Å²) in [5.74, 6) is 0.289. The number of amidine groups is 1. The fraction of sp³-hybridized carbons (Fsp3) is 0.176. The molecule has 1 amide bonds. The summed E-state index contributed by atoms with van der Waals surface area (Å²) in [5.41, 5.74) is 2.76. The maximum Gasteiger partial charge on any atom is 0.287 e. The average molecular weight is 327 g/mol. The summed E-state index contributed by atoms with van der Waals surface area (Å²) in [4.78, 5) is 17.5. The molecular weight excluding hydrogens is 310 g/mol. The van der Waals surface area contributed by atoms with Gasteiger partial charge in [-0.25, -0.2) is 4.99 Å². The van der Waals surface area contributed by atoms with Crippen LogP contribution in [0.25, 0.3) is 0 Å². The number of aromatic hydroxyl groups is 1. The lowest BCUT2D eigenvalue weighted by molar-refractivity contribution is -0.114. The van der Waals surface area contributed by atoms with Crippen molar-refractivity contribution in [2.45, 2.75) is 18.2 Å². The molecule has 0 unspecified atom stereocenters. The Hall–Kier alpha value is -2.47. The predicted octanol–water partition coefficient (Wildman–Crippen LogP) is 2.70. The molecule has 6 heteroatoms. The van der Waals surface area contributed by atoms with Crippen LogP contribution in [0.2, 0.25) is 0 Å². The van der Waals surface area contributed by atoms with Crippen molar-refractivity contribution in [3.8, 4) is 5.75 Å². The van der Waals surface area contributed by atoms with Gasteiger partial charge < -0.3 is 15.1 Å². The van der Waals surface area contributed by atoms with Crippen molar-refractivity contribution in [1.82, 2.24) is 10.0 Å². The normalized spacial score (nSPS) is 12.8. The summed E-state index contributed by atoms with van der Waals surface area (Å²) < 4.78 is 2.97. The topological polar surface area (TPSA) is 73.7 Å². The molecular formula is C17H17N3O2S. The number of phenols is 1. The number of carbonyl (C=O) groups is 1. The van der Waals surface area contributed by atoms with Gasteiger partial charge in [0.05, 0.1) is 10.6 Å². The number of carbonyl (C=O) groups excluding carboxylic acids is 1. The second-order valence-corrected chi connectivity index (χ2v) is 6.12. The highest BCUT2D eigenvalue weighted by Crippen LogP contribution is 2.31. The first-order valence-electron chi connectivity index (χ1n) is 7.31. The van der Waals surface area contributed by atoms with Crippen LogP contribution in [-0.2, 0) is 11.2 Å². The number of phenolic OH excluding ortho intramolecular Hbond substituents is 1. The number of para-hydroxylation sites is 1. The summed E-state index contributed by atoms with van der Waals surface area (Å²) in [5, 5.41) is 12.5. The van der Waals surface area contributed by atoms with E-state index in [1.54, 1.807) is 12.1 Å². The van der Waals surface area contributed by atoms with Gasteiger partial charge in [-0.05, 0) is 54.6 Å². The number of aryl methyl sites for hydroxylation is 1. The molecule has 1 heterocycles. The van der Waals surface area contributed by atoms with Crippen molar-refractivity contribution in [3.05, 3.63) is 53.6 Å². The van der Waals surface area contributed by atoms with E-state index in [1.165, 1.54) is 11.9 Å². The van der Waals surface area contributed by atoms with Crippen molar-refractivity contribution in [1.29, 1.82) is 0 Å². The Morgan fingerprint density at radius 2 is 2.13 bits per heavy atom. The van der Waals surface area contributed by atoms with Crippen LogP contribution in [0.3, 0.4) is 0 Å². The number of hydrogen-bond acceptors (Lipinski definition) is 5. The van der Waals surface area contributed by atoms with Crippen molar-refractivity contribution in [2.75, 3.05) is 6.54 Å². The van der Waals surface area contributed by atoms with Gasteiger partial charge in [0.1, 0.15) is 5.75 Å². The fourth-order valence-electron chi connectivity index (χ4n) is 2.26. The zero-order valence-corrected chi connectivity index (χ0v) is 13.5. The zero-order valence-electron chi connectivity index (χ0n) is 12.7. The molecule has 2 aromatic carbocycles. The standard InChI is InChI=1S/C17H17N3O2S/c1-11-6-7-13-15(10-11)23-20-16(19-13)17(22)18-9-8-12-4-2-3-5-14(12)21/h2-7,10,21H,8-9H2,1H3,(H,18,22)(H,19,20).